The zero-order valence-electron chi connectivity index (χ0n) is 27.1. The molecule has 276 valence electrons. The van der Waals surface area contributed by atoms with Gasteiger partial charge in [0.05, 0.1) is 25.9 Å². The van der Waals surface area contributed by atoms with Crippen molar-refractivity contribution in [2.45, 2.75) is 69.9 Å². The number of nitrogen functional groups attached to an aromatic ring is 2. The maximum Gasteiger partial charge on any atom is 0.472 e. The van der Waals surface area contributed by atoms with Crippen LogP contribution < -0.4 is 22.6 Å². The second-order valence-electron chi connectivity index (χ2n) is 11.3. The molecule has 23 nitrogen and oxygen atoms in total. The third kappa shape index (κ3) is 7.43. The number of rotatable bonds is 11. The van der Waals surface area contributed by atoms with E-state index in [9.17, 15) is 39.5 Å². The van der Waals surface area contributed by atoms with Crippen LogP contribution in [-0.4, -0.2) is 139 Å². The summed E-state index contributed by atoms with van der Waals surface area (Å²) in [7, 11) is -5.06. The molecule has 9 atom stereocenters. The highest BCUT2D eigenvalue weighted by Gasteiger charge is 2.50. The van der Waals surface area contributed by atoms with Gasteiger partial charge in [-0.25, -0.2) is 14.5 Å². The van der Waals surface area contributed by atoms with Crippen LogP contribution >= 0.6 is 7.82 Å². The predicted molar refractivity (Wildman–Crippen MR) is 172 cm³/mol. The molecule has 6 rings (SSSR count). The van der Waals surface area contributed by atoms with Gasteiger partial charge in [0.25, 0.3) is 11.1 Å². The molecule has 0 radical (unpaired) electrons. The van der Waals surface area contributed by atoms with Gasteiger partial charge < -0.3 is 51.2 Å². The second-order valence-corrected chi connectivity index (χ2v) is 12.7. The normalized spacial score (nSPS) is 27.9. The lowest BCUT2D eigenvalue weighted by atomic mass is 10.1. The van der Waals surface area contributed by atoms with Gasteiger partial charge in [0, 0.05) is 0 Å². The summed E-state index contributed by atoms with van der Waals surface area (Å²) in [6, 6.07) is 0. The quantitative estimate of drug-likeness (QED) is 0.0701. The van der Waals surface area contributed by atoms with Gasteiger partial charge >= 0.3 is 7.82 Å². The Morgan fingerprint density at radius 3 is 1.80 bits per heavy atom. The third-order valence-electron chi connectivity index (χ3n) is 8.27. The fourth-order valence-corrected chi connectivity index (χ4v) is 6.57. The van der Waals surface area contributed by atoms with Gasteiger partial charge in [0.15, 0.2) is 34.8 Å². The molecule has 4 aromatic heterocycles. The Bertz CT molecular complexity index is 1940. The summed E-state index contributed by atoms with van der Waals surface area (Å²) in [6.07, 6.45) is -9.81. The van der Waals surface area contributed by atoms with Gasteiger partial charge in [0.1, 0.15) is 36.6 Å². The molecule has 4 aromatic rings. The van der Waals surface area contributed by atoms with Gasteiger partial charge in [-0.1, -0.05) is 20.8 Å². The van der Waals surface area contributed by atoms with Gasteiger partial charge in [-0.05, 0) is 19.6 Å². The van der Waals surface area contributed by atoms with Crippen LogP contribution in [-0.2, 0) is 23.1 Å². The van der Waals surface area contributed by atoms with Crippen molar-refractivity contribution in [1.82, 2.24) is 43.9 Å². The summed E-state index contributed by atoms with van der Waals surface area (Å²) >= 11 is 0. The van der Waals surface area contributed by atoms with E-state index in [4.69, 9.17) is 30.0 Å². The SMILES string of the molecule is CCN(CC)CC.Nc1nc2c(ncn2[C@@H]2O[C@H](COP(=O)(O)O[C@H]3[C@@H](O)[C@H](n4cnc5c(=O)[nH]c(N)nc54)O[C@@H]3CO)[C@@H](O)[C@H]2O)c(=O)[nH]1. The van der Waals surface area contributed by atoms with E-state index < -0.39 is 81.2 Å². The van der Waals surface area contributed by atoms with Crippen LogP contribution in [0.15, 0.2) is 22.2 Å². The van der Waals surface area contributed by atoms with Gasteiger partial charge in [-0.3, -0.25) is 37.7 Å². The molecule has 0 spiro atoms. The van der Waals surface area contributed by atoms with Crippen molar-refractivity contribution in [3.63, 3.8) is 0 Å². The molecule has 0 amide bonds. The third-order valence-corrected chi connectivity index (χ3v) is 9.26. The smallest absolute Gasteiger partial charge is 0.394 e. The number of ether oxygens (including phenoxy) is 2. The largest absolute Gasteiger partial charge is 0.472 e. The number of aliphatic hydroxyl groups is 4. The molecule has 0 bridgehead atoms. The number of phosphoric acid groups is 1. The van der Waals surface area contributed by atoms with Crippen molar-refractivity contribution >= 4 is 42.0 Å². The molecule has 2 fully saturated rings. The van der Waals surface area contributed by atoms with E-state index >= 15 is 0 Å². The summed E-state index contributed by atoms with van der Waals surface area (Å²) in [5.74, 6) is -0.479. The monoisotopic (exact) mass is 729 g/mol. The summed E-state index contributed by atoms with van der Waals surface area (Å²) in [5, 5.41) is 41.8. The van der Waals surface area contributed by atoms with Crippen LogP contribution in [0.1, 0.15) is 33.2 Å². The number of hydrogen-bond acceptors (Lipinski definition) is 18. The Labute approximate surface area is 282 Å². The molecular weight excluding hydrogens is 689 g/mol. The molecule has 2 aliphatic heterocycles. The Kier molecular flexibility index (Phi) is 11.3. The van der Waals surface area contributed by atoms with Crippen molar-refractivity contribution in [2.75, 3.05) is 44.3 Å². The maximum atomic E-state index is 12.9. The number of anilines is 2. The van der Waals surface area contributed by atoms with Crippen LogP contribution in [0.25, 0.3) is 22.3 Å². The lowest BCUT2D eigenvalue weighted by molar-refractivity contribution is -0.0585. The van der Waals surface area contributed by atoms with Crippen LogP contribution in [0.4, 0.5) is 11.9 Å². The number of imidazole rings is 2. The zero-order chi connectivity index (χ0) is 36.5. The van der Waals surface area contributed by atoms with Gasteiger partial charge in [-0.2, -0.15) is 9.97 Å². The molecule has 0 aliphatic carbocycles. The zero-order valence-corrected chi connectivity index (χ0v) is 28.0. The van der Waals surface area contributed by atoms with Gasteiger partial charge in [-0.15, -0.1) is 0 Å². The molecule has 2 aliphatic rings. The highest BCUT2D eigenvalue weighted by atomic mass is 31.2. The van der Waals surface area contributed by atoms with Crippen LogP contribution in [0.3, 0.4) is 0 Å². The first kappa shape index (κ1) is 37.4. The standard InChI is InChI=1S/C20H25N10O12P.C6H15N/c21-19-25-13-7(15(35)27-19)23-3-29(13)17-10(33)9(32)6(41-17)2-39-43(37,38)42-12-5(1-31)40-18(11(12)34)30-4-24-8-14(30)26-20(22)28-16(8)36;1-4-7(5-2)6-3/h3-6,9-12,17-18,31-34H,1-2H2,(H,37,38)(H3,21,25,27,35)(H3,22,26,28,36);4-6H2,1-3H3/t5-,6-,9-,10-,11-,12-,17-,18-;/m1./s1. The molecule has 0 saturated carbocycles. The highest BCUT2D eigenvalue weighted by Crippen LogP contribution is 2.49. The van der Waals surface area contributed by atoms with E-state index in [0.29, 0.717) is 0 Å². The minimum Gasteiger partial charge on any atom is -0.394 e. The number of fused-ring (bicyclic) bond motifs is 2. The molecule has 24 heteroatoms. The Morgan fingerprint density at radius 2 is 1.34 bits per heavy atom. The van der Waals surface area contributed by atoms with E-state index in [2.05, 4.69) is 55.6 Å². The summed E-state index contributed by atoms with van der Waals surface area (Å²) < 4.78 is 36.5. The predicted octanol–water partition coefficient (Wildman–Crippen LogP) is -2.86. The fraction of sp³-hybridized carbons (Fsp3) is 0.615. The van der Waals surface area contributed by atoms with Crippen LogP contribution in [0, 0.1) is 0 Å². The van der Waals surface area contributed by atoms with E-state index in [-0.39, 0.29) is 34.2 Å². The average Bonchev–Trinajstić information content (AvgIpc) is 3.82. The summed E-state index contributed by atoms with van der Waals surface area (Å²) in [5.41, 5.74) is 9.50. The molecule has 11 N–H and O–H groups in total. The van der Waals surface area contributed by atoms with E-state index in [1.54, 1.807) is 0 Å². The molecule has 2 saturated heterocycles. The maximum absolute atomic E-state index is 12.9. The van der Waals surface area contributed by atoms with E-state index in [1.165, 1.54) is 19.6 Å². The first-order valence-electron chi connectivity index (χ1n) is 15.5. The van der Waals surface area contributed by atoms with Crippen molar-refractivity contribution in [3.8, 4) is 0 Å². The summed E-state index contributed by atoms with van der Waals surface area (Å²) in [4.78, 5) is 57.3. The van der Waals surface area contributed by atoms with E-state index in [0.717, 1.165) is 21.8 Å². The van der Waals surface area contributed by atoms with Crippen molar-refractivity contribution in [2.24, 2.45) is 0 Å². The van der Waals surface area contributed by atoms with Crippen LogP contribution in [0.5, 0.6) is 0 Å². The van der Waals surface area contributed by atoms with Crippen molar-refractivity contribution < 1.29 is 48.4 Å². The number of aromatic nitrogens is 8. The fourth-order valence-electron chi connectivity index (χ4n) is 5.60. The molecule has 1 unspecified atom stereocenters. The van der Waals surface area contributed by atoms with Gasteiger partial charge in [0.2, 0.25) is 11.9 Å². The minimum absolute atomic E-state index is 0.0526. The molecular formula is C26H40N11O12P. The molecule has 50 heavy (non-hydrogen) atoms. The van der Waals surface area contributed by atoms with Crippen molar-refractivity contribution in [3.05, 3.63) is 33.4 Å². The first-order chi connectivity index (χ1) is 23.7. The van der Waals surface area contributed by atoms with Crippen LogP contribution in [0.2, 0.25) is 0 Å². The number of phosphoric ester groups is 1. The summed E-state index contributed by atoms with van der Waals surface area (Å²) in [6.45, 7) is 8.57. The number of aliphatic hydroxyl groups excluding tert-OH is 4. The Balaban J connectivity index is 0.000000630. The number of nitrogens with zero attached hydrogens (tertiary/aromatic N) is 7. The molecule has 6 heterocycles. The first-order valence-corrected chi connectivity index (χ1v) is 17.0. The Hall–Kier alpha value is -3.87. The Morgan fingerprint density at radius 1 is 0.860 bits per heavy atom. The van der Waals surface area contributed by atoms with Crippen molar-refractivity contribution in [1.29, 1.82) is 0 Å². The number of nitrogens with one attached hydrogen (secondary N) is 2. The average molecular weight is 730 g/mol. The number of aromatic amines is 2. The topological polar surface area (TPSA) is 338 Å². The minimum atomic E-state index is -5.06. The van der Waals surface area contributed by atoms with E-state index in [1.807, 2.05) is 0 Å². The molecule has 0 aromatic carbocycles. The number of H-pyrrole nitrogens is 2. The highest BCUT2D eigenvalue weighted by molar-refractivity contribution is 7.47. The number of nitrogens with two attached hydrogens (primary N) is 2. The lowest BCUT2D eigenvalue weighted by Crippen LogP contribution is -2.36. The number of hydrogen-bond donors (Lipinski definition) is 9. The second kappa shape index (κ2) is 15.2. The lowest BCUT2D eigenvalue weighted by Gasteiger charge is -2.23.